The lowest BCUT2D eigenvalue weighted by molar-refractivity contribution is 0.134. The Morgan fingerprint density at radius 3 is 2.95 bits per heavy atom. The molecule has 0 spiro atoms. The first-order valence-electron chi connectivity index (χ1n) is 6.50. The summed E-state index contributed by atoms with van der Waals surface area (Å²) in [5.74, 6) is 0. The van der Waals surface area contributed by atoms with Gasteiger partial charge >= 0.3 is 6.03 Å². The van der Waals surface area contributed by atoms with Crippen LogP contribution in [0, 0.1) is 0 Å². The van der Waals surface area contributed by atoms with Crippen LogP contribution in [0.1, 0.15) is 25.8 Å². The number of nitrogens with one attached hydrogen (secondary N) is 2. The Morgan fingerprint density at radius 1 is 1.47 bits per heavy atom. The van der Waals surface area contributed by atoms with Gasteiger partial charge < -0.3 is 20.5 Å². The van der Waals surface area contributed by atoms with Crippen molar-refractivity contribution in [1.82, 2.24) is 5.32 Å². The lowest BCUT2D eigenvalue weighted by Gasteiger charge is -2.13. The highest BCUT2D eigenvalue weighted by Gasteiger charge is 2.06. The Balaban J connectivity index is 2.49. The second kappa shape index (κ2) is 8.50. The van der Waals surface area contributed by atoms with Crippen LogP contribution >= 0.6 is 0 Å². The van der Waals surface area contributed by atoms with Crippen molar-refractivity contribution in [2.75, 3.05) is 18.5 Å². The number of anilines is 1. The highest BCUT2D eigenvalue weighted by atomic mass is 16.5. The number of hydrogen-bond acceptors (Lipinski definition) is 3. The summed E-state index contributed by atoms with van der Waals surface area (Å²) in [7, 11) is 0. The van der Waals surface area contributed by atoms with Crippen LogP contribution in [-0.4, -0.2) is 30.4 Å². The predicted molar refractivity (Wildman–Crippen MR) is 75.1 cm³/mol. The first-order chi connectivity index (χ1) is 9.15. The first-order valence-corrected chi connectivity index (χ1v) is 6.50. The number of benzene rings is 1. The van der Waals surface area contributed by atoms with Gasteiger partial charge in [-0.15, -0.1) is 0 Å². The van der Waals surface area contributed by atoms with E-state index in [9.17, 15) is 4.79 Å². The summed E-state index contributed by atoms with van der Waals surface area (Å²) < 4.78 is 5.32. The van der Waals surface area contributed by atoms with Crippen molar-refractivity contribution < 1.29 is 14.6 Å². The second-order valence-corrected chi connectivity index (χ2v) is 4.35. The SMILES string of the molecule is CCOCc1cccc(NC(=O)N[C@H](C)CCO)c1. The van der Waals surface area contributed by atoms with Crippen LogP contribution in [0.5, 0.6) is 0 Å². The third-order valence-electron chi connectivity index (χ3n) is 2.60. The van der Waals surface area contributed by atoms with E-state index in [1.807, 2.05) is 38.1 Å². The van der Waals surface area contributed by atoms with Crippen LogP contribution in [0.15, 0.2) is 24.3 Å². The third-order valence-corrected chi connectivity index (χ3v) is 2.60. The molecule has 0 unspecified atom stereocenters. The molecule has 0 saturated carbocycles. The number of ether oxygens (including phenoxy) is 1. The summed E-state index contributed by atoms with van der Waals surface area (Å²) >= 11 is 0. The number of carbonyl (C=O) groups excluding carboxylic acids is 1. The van der Waals surface area contributed by atoms with Gasteiger partial charge in [0, 0.05) is 24.9 Å². The van der Waals surface area contributed by atoms with Gasteiger partial charge in [-0.1, -0.05) is 12.1 Å². The Hall–Kier alpha value is -1.59. The fraction of sp³-hybridized carbons (Fsp3) is 0.500. The molecule has 0 saturated heterocycles. The maximum Gasteiger partial charge on any atom is 0.319 e. The summed E-state index contributed by atoms with van der Waals surface area (Å²) in [6, 6.07) is 7.21. The normalized spacial score (nSPS) is 11.9. The third kappa shape index (κ3) is 6.22. The van der Waals surface area contributed by atoms with Gasteiger partial charge in [-0.25, -0.2) is 4.79 Å². The maximum absolute atomic E-state index is 11.7. The smallest absolute Gasteiger partial charge is 0.319 e. The number of hydrogen-bond donors (Lipinski definition) is 3. The fourth-order valence-electron chi connectivity index (χ4n) is 1.62. The van der Waals surface area contributed by atoms with Crippen molar-refractivity contribution in [2.24, 2.45) is 0 Å². The van der Waals surface area contributed by atoms with Crippen LogP contribution in [0.4, 0.5) is 10.5 Å². The molecule has 1 aromatic rings. The predicted octanol–water partition coefficient (Wildman–Crippen LogP) is 2.12. The van der Waals surface area contributed by atoms with Gasteiger partial charge in [-0.3, -0.25) is 0 Å². The van der Waals surface area contributed by atoms with Crippen molar-refractivity contribution >= 4 is 11.7 Å². The summed E-state index contributed by atoms with van der Waals surface area (Å²) in [6.45, 7) is 5.05. The van der Waals surface area contributed by atoms with E-state index < -0.39 is 0 Å². The Morgan fingerprint density at radius 2 is 2.26 bits per heavy atom. The molecule has 0 aliphatic rings. The molecule has 1 aromatic carbocycles. The topological polar surface area (TPSA) is 70.6 Å². The molecule has 0 aromatic heterocycles. The van der Waals surface area contributed by atoms with Gasteiger partial charge in [0.2, 0.25) is 0 Å². The molecule has 0 bridgehead atoms. The van der Waals surface area contributed by atoms with Crippen molar-refractivity contribution in [1.29, 1.82) is 0 Å². The number of carbonyl (C=O) groups is 1. The van der Waals surface area contributed by atoms with E-state index in [2.05, 4.69) is 10.6 Å². The summed E-state index contributed by atoms with van der Waals surface area (Å²) in [4.78, 5) is 11.7. The van der Waals surface area contributed by atoms with E-state index in [-0.39, 0.29) is 18.7 Å². The Bertz CT molecular complexity index is 396. The molecule has 19 heavy (non-hydrogen) atoms. The Kier molecular flexibility index (Phi) is 6.92. The zero-order valence-corrected chi connectivity index (χ0v) is 11.5. The largest absolute Gasteiger partial charge is 0.396 e. The van der Waals surface area contributed by atoms with Gasteiger partial charge in [-0.2, -0.15) is 0 Å². The Labute approximate surface area is 114 Å². The highest BCUT2D eigenvalue weighted by Crippen LogP contribution is 2.11. The zero-order valence-electron chi connectivity index (χ0n) is 11.5. The molecular formula is C14H22N2O3. The number of aliphatic hydroxyl groups is 1. The van der Waals surface area contributed by atoms with Gasteiger partial charge in [0.1, 0.15) is 0 Å². The quantitative estimate of drug-likeness (QED) is 0.708. The first kappa shape index (κ1) is 15.5. The lowest BCUT2D eigenvalue weighted by atomic mass is 10.2. The zero-order chi connectivity index (χ0) is 14.1. The van der Waals surface area contributed by atoms with Crippen molar-refractivity contribution in [3.8, 4) is 0 Å². The van der Waals surface area contributed by atoms with Crippen molar-refractivity contribution in [3.05, 3.63) is 29.8 Å². The number of urea groups is 1. The fourth-order valence-corrected chi connectivity index (χ4v) is 1.62. The maximum atomic E-state index is 11.7. The molecule has 1 rings (SSSR count). The number of aliphatic hydroxyl groups excluding tert-OH is 1. The molecule has 0 fully saturated rings. The molecule has 0 radical (unpaired) electrons. The summed E-state index contributed by atoms with van der Waals surface area (Å²) in [6.07, 6.45) is 0.539. The number of rotatable bonds is 7. The van der Waals surface area contributed by atoms with Gasteiger partial charge in [0.25, 0.3) is 0 Å². The highest BCUT2D eigenvalue weighted by molar-refractivity contribution is 5.89. The molecule has 0 aliphatic heterocycles. The van der Waals surface area contributed by atoms with Crippen molar-refractivity contribution in [3.63, 3.8) is 0 Å². The minimum atomic E-state index is -0.269. The van der Waals surface area contributed by atoms with Crippen LogP contribution in [0.25, 0.3) is 0 Å². The average Bonchev–Trinajstić information content (AvgIpc) is 2.36. The molecular weight excluding hydrogens is 244 g/mol. The van der Waals surface area contributed by atoms with E-state index in [4.69, 9.17) is 9.84 Å². The van der Waals surface area contributed by atoms with E-state index in [0.717, 1.165) is 11.3 Å². The molecule has 3 N–H and O–H groups in total. The van der Waals surface area contributed by atoms with Crippen molar-refractivity contribution in [2.45, 2.75) is 32.9 Å². The van der Waals surface area contributed by atoms with Gasteiger partial charge in [0.15, 0.2) is 0 Å². The molecule has 0 heterocycles. The lowest BCUT2D eigenvalue weighted by Crippen LogP contribution is -2.36. The standard InChI is InChI=1S/C14H22N2O3/c1-3-19-10-12-5-4-6-13(9-12)16-14(18)15-11(2)7-8-17/h4-6,9,11,17H,3,7-8,10H2,1-2H3,(H2,15,16,18)/t11-/m1/s1. The van der Waals surface area contributed by atoms with E-state index in [1.54, 1.807) is 0 Å². The van der Waals surface area contributed by atoms with Gasteiger partial charge in [0.05, 0.1) is 6.61 Å². The molecule has 0 aliphatic carbocycles. The molecule has 5 heteroatoms. The second-order valence-electron chi connectivity index (χ2n) is 4.35. The molecule has 1 atom stereocenters. The minimum Gasteiger partial charge on any atom is -0.396 e. The van der Waals surface area contributed by atoms with Crippen LogP contribution in [0.3, 0.4) is 0 Å². The minimum absolute atomic E-state index is 0.0587. The summed E-state index contributed by atoms with van der Waals surface area (Å²) in [5.41, 5.74) is 1.74. The van der Waals surface area contributed by atoms with E-state index in [1.165, 1.54) is 0 Å². The average molecular weight is 266 g/mol. The monoisotopic (exact) mass is 266 g/mol. The molecule has 106 valence electrons. The summed E-state index contributed by atoms with van der Waals surface area (Å²) in [5, 5.41) is 14.3. The van der Waals surface area contributed by atoms with E-state index in [0.29, 0.717) is 19.6 Å². The van der Waals surface area contributed by atoms with Crippen LogP contribution in [-0.2, 0) is 11.3 Å². The number of amides is 2. The molecule has 5 nitrogen and oxygen atoms in total. The van der Waals surface area contributed by atoms with Gasteiger partial charge in [-0.05, 0) is 38.0 Å². The molecule has 2 amide bonds. The van der Waals surface area contributed by atoms with Crippen LogP contribution < -0.4 is 10.6 Å². The van der Waals surface area contributed by atoms with Crippen LogP contribution in [0.2, 0.25) is 0 Å². The van der Waals surface area contributed by atoms with E-state index >= 15 is 0 Å².